The molecular weight excluding hydrogens is 318 g/mol. The van der Waals surface area contributed by atoms with E-state index in [4.69, 9.17) is 5.73 Å². The zero-order chi connectivity index (χ0) is 14.5. The lowest BCUT2D eigenvalue weighted by Crippen LogP contribution is -2.44. The van der Waals surface area contributed by atoms with Crippen LogP contribution in [0.3, 0.4) is 0 Å². The van der Waals surface area contributed by atoms with Gasteiger partial charge in [-0.3, -0.25) is 9.69 Å². The number of nitrogens with one attached hydrogen (secondary N) is 1. The highest BCUT2D eigenvalue weighted by atomic mass is 79.9. The molecule has 1 saturated heterocycles. The predicted molar refractivity (Wildman–Crippen MR) is 84.3 cm³/mol. The Kier molecular flexibility index (Phi) is 5.57. The number of nitrogens with zero attached hydrogens (tertiary/aromatic N) is 1. The van der Waals surface area contributed by atoms with E-state index >= 15 is 0 Å². The Labute approximate surface area is 128 Å². The summed E-state index contributed by atoms with van der Waals surface area (Å²) in [6, 6.07) is 8.34. The third-order valence-electron chi connectivity index (χ3n) is 3.73. The molecular formula is C15H22BrN3O. The van der Waals surface area contributed by atoms with Gasteiger partial charge >= 0.3 is 0 Å². The molecule has 1 aromatic rings. The molecule has 0 saturated carbocycles. The van der Waals surface area contributed by atoms with E-state index < -0.39 is 0 Å². The van der Waals surface area contributed by atoms with Crippen molar-refractivity contribution in [3.63, 3.8) is 0 Å². The summed E-state index contributed by atoms with van der Waals surface area (Å²) in [5.41, 5.74) is 6.97. The monoisotopic (exact) mass is 339 g/mol. The number of benzene rings is 1. The van der Waals surface area contributed by atoms with Crippen LogP contribution < -0.4 is 11.1 Å². The first-order chi connectivity index (χ1) is 9.54. The number of hydrogen-bond acceptors (Lipinski definition) is 3. The van der Waals surface area contributed by atoms with Crippen molar-refractivity contribution in [3.05, 3.63) is 34.3 Å². The van der Waals surface area contributed by atoms with E-state index in [1.807, 2.05) is 31.2 Å². The molecule has 0 radical (unpaired) electrons. The first kappa shape index (κ1) is 15.5. The van der Waals surface area contributed by atoms with Crippen LogP contribution in [0.2, 0.25) is 0 Å². The van der Waals surface area contributed by atoms with Gasteiger partial charge in [0.1, 0.15) is 0 Å². The minimum Gasteiger partial charge on any atom is -0.348 e. The molecule has 1 aliphatic heterocycles. The Morgan fingerprint density at radius 1 is 1.50 bits per heavy atom. The molecule has 1 amide bonds. The summed E-state index contributed by atoms with van der Waals surface area (Å²) in [6.45, 7) is 4.30. The second kappa shape index (κ2) is 7.20. The third-order valence-corrected chi connectivity index (χ3v) is 4.22. The van der Waals surface area contributed by atoms with E-state index in [2.05, 4.69) is 26.1 Å². The highest BCUT2D eigenvalue weighted by Crippen LogP contribution is 2.17. The standard InChI is InChI=1S/C15H22BrN3O/c1-11(12-3-2-4-13(16)9-12)18-15(20)10-19-7-5-14(17)6-8-19/h2-4,9,11,14H,5-8,10,17H2,1H3,(H,18,20)/t11-/m0/s1. The van der Waals surface area contributed by atoms with E-state index in [0.717, 1.165) is 36.0 Å². The lowest BCUT2D eigenvalue weighted by molar-refractivity contribution is -0.123. The maximum atomic E-state index is 12.1. The minimum atomic E-state index is 0.0204. The van der Waals surface area contributed by atoms with Gasteiger partial charge in [0.25, 0.3) is 0 Å². The quantitative estimate of drug-likeness (QED) is 0.882. The minimum absolute atomic E-state index is 0.0204. The molecule has 1 fully saturated rings. The van der Waals surface area contributed by atoms with Gasteiger partial charge in [0, 0.05) is 23.6 Å². The van der Waals surface area contributed by atoms with Gasteiger partial charge in [0.15, 0.2) is 0 Å². The molecule has 0 unspecified atom stereocenters. The number of carbonyl (C=O) groups excluding carboxylic acids is 1. The zero-order valence-electron chi connectivity index (χ0n) is 11.8. The topological polar surface area (TPSA) is 58.4 Å². The molecule has 4 nitrogen and oxygen atoms in total. The van der Waals surface area contributed by atoms with Crippen LogP contribution in [0.25, 0.3) is 0 Å². The first-order valence-electron chi connectivity index (χ1n) is 7.07. The fourth-order valence-corrected chi connectivity index (χ4v) is 2.88. The lowest BCUT2D eigenvalue weighted by Gasteiger charge is -2.29. The maximum Gasteiger partial charge on any atom is 0.234 e. The second-order valence-corrected chi connectivity index (χ2v) is 6.37. The number of likely N-dealkylation sites (tertiary alicyclic amines) is 1. The van der Waals surface area contributed by atoms with Gasteiger partial charge in [-0.2, -0.15) is 0 Å². The highest BCUT2D eigenvalue weighted by Gasteiger charge is 2.19. The van der Waals surface area contributed by atoms with Crippen LogP contribution in [0.15, 0.2) is 28.7 Å². The van der Waals surface area contributed by atoms with Gasteiger partial charge in [-0.25, -0.2) is 0 Å². The van der Waals surface area contributed by atoms with Crippen LogP contribution in [0.4, 0.5) is 0 Å². The maximum absolute atomic E-state index is 12.1. The van der Waals surface area contributed by atoms with Crippen LogP contribution in [0.1, 0.15) is 31.4 Å². The van der Waals surface area contributed by atoms with Crippen molar-refractivity contribution >= 4 is 21.8 Å². The van der Waals surface area contributed by atoms with E-state index in [-0.39, 0.29) is 11.9 Å². The summed E-state index contributed by atoms with van der Waals surface area (Å²) < 4.78 is 1.03. The Balaban J connectivity index is 1.82. The van der Waals surface area contributed by atoms with Gasteiger partial charge in [-0.1, -0.05) is 28.1 Å². The smallest absolute Gasteiger partial charge is 0.234 e. The molecule has 0 spiro atoms. The second-order valence-electron chi connectivity index (χ2n) is 5.46. The van der Waals surface area contributed by atoms with Crippen molar-refractivity contribution in [2.45, 2.75) is 31.8 Å². The number of amides is 1. The van der Waals surface area contributed by atoms with E-state index in [1.165, 1.54) is 0 Å². The normalized spacial score (nSPS) is 18.8. The molecule has 0 aromatic heterocycles. The molecule has 1 atom stereocenters. The van der Waals surface area contributed by atoms with Crippen LogP contribution in [0, 0.1) is 0 Å². The highest BCUT2D eigenvalue weighted by molar-refractivity contribution is 9.10. The SMILES string of the molecule is C[C@H](NC(=O)CN1CCC(N)CC1)c1cccc(Br)c1. The van der Waals surface area contributed by atoms with Crippen molar-refractivity contribution in [1.29, 1.82) is 0 Å². The molecule has 5 heteroatoms. The molecule has 20 heavy (non-hydrogen) atoms. The van der Waals surface area contributed by atoms with Crippen molar-refractivity contribution in [2.75, 3.05) is 19.6 Å². The van der Waals surface area contributed by atoms with Crippen LogP contribution in [0.5, 0.6) is 0 Å². The van der Waals surface area contributed by atoms with Crippen LogP contribution in [-0.4, -0.2) is 36.5 Å². The van der Waals surface area contributed by atoms with Crippen LogP contribution in [-0.2, 0) is 4.79 Å². The van der Waals surface area contributed by atoms with Gasteiger partial charge in [0.05, 0.1) is 12.6 Å². The van der Waals surface area contributed by atoms with Crippen molar-refractivity contribution in [3.8, 4) is 0 Å². The Hall–Kier alpha value is -0.910. The molecule has 1 heterocycles. The van der Waals surface area contributed by atoms with Crippen molar-refractivity contribution < 1.29 is 4.79 Å². The molecule has 0 aliphatic carbocycles. The number of hydrogen-bond donors (Lipinski definition) is 2. The van der Waals surface area contributed by atoms with Gasteiger partial charge < -0.3 is 11.1 Å². The first-order valence-corrected chi connectivity index (χ1v) is 7.86. The molecule has 0 bridgehead atoms. The summed E-state index contributed by atoms with van der Waals surface area (Å²) >= 11 is 3.45. The predicted octanol–water partition coefficient (Wildman–Crippen LogP) is 2.05. The van der Waals surface area contributed by atoms with Gasteiger partial charge in [-0.15, -0.1) is 0 Å². The average molecular weight is 340 g/mol. The van der Waals surface area contributed by atoms with Gasteiger partial charge in [-0.05, 0) is 37.5 Å². The number of nitrogens with two attached hydrogens (primary N) is 1. The third kappa shape index (κ3) is 4.58. The van der Waals surface area contributed by atoms with Crippen molar-refractivity contribution in [1.82, 2.24) is 10.2 Å². The Morgan fingerprint density at radius 2 is 2.20 bits per heavy atom. The van der Waals surface area contributed by atoms with E-state index in [0.29, 0.717) is 12.6 Å². The van der Waals surface area contributed by atoms with E-state index in [9.17, 15) is 4.79 Å². The average Bonchev–Trinajstić information content (AvgIpc) is 2.41. The molecule has 1 aromatic carbocycles. The zero-order valence-corrected chi connectivity index (χ0v) is 13.4. The number of rotatable bonds is 4. The van der Waals surface area contributed by atoms with E-state index in [1.54, 1.807) is 0 Å². The summed E-state index contributed by atoms with van der Waals surface area (Å²) in [4.78, 5) is 14.2. The van der Waals surface area contributed by atoms with Gasteiger partial charge in [0.2, 0.25) is 5.91 Å². The summed E-state index contributed by atoms with van der Waals surface area (Å²) in [6.07, 6.45) is 1.96. The molecule has 1 aliphatic rings. The summed E-state index contributed by atoms with van der Waals surface area (Å²) in [7, 11) is 0. The number of carbonyl (C=O) groups is 1. The summed E-state index contributed by atoms with van der Waals surface area (Å²) in [5, 5.41) is 3.05. The van der Waals surface area contributed by atoms with Crippen LogP contribution >= 0.6 is 15.9 Å². The molecule has 2 rings (SSSR count). The Morgan fingerprint density at radius 3 is 2.85 bits per heavy atom. The fourth-order valence-electron chi connectivity index (χ4n) is 2.46. The fraction of sp³-hybridized carbons (Fsp3) is 0.533. The number of halogens is 1. The summed E-state index contributed by atoms with van der Waals surface area (Å²) in [5.74, 6) is 0.0768. The largest absolute Gasteiger partial charge is 0.348 e. The van der Waals surface area contributed by atoms with Crippen molar-refractivity contribution in [2.24, 2.45) is 5.73 Å². The molecule has 110 valence electrons. The lowest BCUT2D eigenvalue weighted by atomic mass is 10.1. The number of piperidine rings is 1. The Bertz CT molecular complexity index is 458. The molecule has 3 N–H and O–H groups in total.